The van der Waals surface area contributed by atoms with Crippen LogP contribution < -0.4 is 0 Å². The van der Waals surface area contributed by atoms with Crippen LogP contribution in [0.5, 0.6) is 0 Å². The predicted octanol–water partition coefficient (Wildman–Crippen LogP) is 2.25. The van der Waals surface area contributed by atoms with Crippen molar-refractivity contribution in [2.24, 2.45) is 16.7 Å². The summed E-state index contributed by atoms with van der Waals surface area (Å²) in [5, 5.41) is 0. The van der Waals surface area contributed by atoms with Crippen molar-refractivity contribution in [2.75, 3.05) is 7.11 Å². The zero-order chi connectivity index (χ0) is 9.94. The lowest BCUT2D eigenvalue weighted by molar-refractivity contribution is -0.205. The molecular weight excluding hydrogens is 188 g/mol. The van der Waals surface area contributed by atoms with E-state index in [1.54, 1.807) is 0 Å². The van der Waals surface area contributed by atoms with E-state index in [1.807, 2.05) is 7.11 Å². The van der Waals surface area contributed by atoms with Crippen molar-refractivity contribution in [1.82, 2.24) is 0 Å². The number of rotatable bonds is 1. The summed E-state index contributed by atoms with van der Waals surface area (Å²) < 4.78 is 12.2. The van der Waals surface area contributed by atoms with Crippen molar-refractivity contribution >= 4 is 0 Å². The first kappa shape index (κ1) is 7.86. The second-order valence-electron chi connectivity index (χ2n) is 6.19. The molecule has 2 heterocycles. The van der Waals surface area contributed by atoms with Gasteiger partial charge in [0, 0.05) is 17.9 Å². The molecule has 2 nitrogen and oxygen atoms in total. The lowest BCUT2D eigenvalue weighted by Crippen LogP contribution is -2.41. The third-order valence-electron chi connectivity index (χ3n) is 6.20. The van der Waals surface area contributed by atoms with Gasteiger partial charge in [-0.3, -0.25) is 0 Å². The highest BCUT2D eigenvalue weighted by molar-refractivity contribution is 5.47. The summed E-state index contributed by atoms with van der Waals surface area (Å²) in [6.07, 6.45) is 11.2. The Labute approximate surface area is 89.6 Å². The van der Waals surface area contributed by atoms with E-state index < -0.39 is 0 Å². The predicted molar refractivity (Wildman–Crippen MR) is 54.1 cm³/mol. The molecule has 1 saturated heterocycles. The van der Waals surface area contributed by atoms with Gasteiger partial charge in [0.25, 0.3) is 0 Å². The Hall–Kier alpha value is -0.340. The summed E-state index contributed by atoms with van der Waals surface area (Å²) in [6.45, 7) is 0. The molecule has 0 aromatic carbocycles. The zero-order valence-corrected chi connectivity index (χ0v) is 9.08. The SMILES string of the molecule is CO[C@@]12C=C[C@]3(CC[C@@H]4C[C@]43C13CC3)O2. The van der Waals surface area contributed by atoms with Gasteiger partial charge in [0.15, 0.2) is 5.79 Å². The minimum atomic E-state index is -0.331. The summed E-state index contributed by atoms with van der Waals surface area (Å²) in [7, 11) is 1.82. The Morgan fingerprint density at radius 3 is 2.80 bits per heavy atom. The fourth-order valence-electron chi connectivity index (χ4n) is 5.55. The molecule has 4 fully saturated rings. The highest BCUT2D eigenvalue weighted by Crippen LogP contribution is 2.91. The van der Waals surface area contributed by atoms with Gasteiger partial charge >= 0.3 is 0 Å². The van der Waals surface area contributed by atoms with Gasteiger partial charge in [-0.2, -0.15) is 0 Å². The molecule has 0 unspecified atom stereocenters. The molecule has 3 aliphatic carbocycles. The number of methoxy groups -OCH3 is 1. The Morgan fingerprint density at radius 2 is 2.13 bits per heavy atom. The first-order valence-electron chi connectivity index (χ1n) is 6.20. The van der Waals surface area contributed by atoms with Crippen LogP contribution in [0.4, 0.5) is 0 Å². The average Bonchev–Trinajstić information content (AvgIpc) is 3.11. The third kappa shape index (κ3) is 0.473. The first-order valence-corrected chi connectivity index (χ1v) is 6.20. The molecule has 5 aliphatic rings. The Bertz CT molecular complexity index is 405. The Balaban J connectivity index is 1.82. The Morgan fingerprint density at radius 1 is 1.27 bits per heavy atom. The van der Waals surface area contributed by atoms with Crippen LogP contribution in [0.1, 0.15) is 32.1 Å². The van der Waals surface area contributed by atoms with E-state index in [4.69, 9.17) is 9.47 Å². The summed E-state index contributed by atoms with van der Waals surface area (Å²) >= 11 is 0. The fourth-order valence-corrected chi connectivity index (χ4v) is 5.55. The second-order valence-corrected chi connectivity index (χ2v) is 6.19. The van der Waals surface area contributed by atoms with Gasteiger partial charge in [0.2, 0.25) is 0 Å². The van der Waals surface area contributed by atoms with E-state index in [0.717, 1.165) is 5.92 Å². The highest BCUT2D eigenvalue weighted by atomic mass is 16.7. The van der Waals surface area contributed by atoms with Crippen LogP contribution in [0.15, 0.2) is 12.2 Å². The molecule has 2 heteroatoms. The van der Waals surface area contributed by atoms with E-state index in [0.29, 0.717) is 10.8 Å². The van der Waals surface area contributed by atoms with Gasteiger partial charge in [-0.25, -0.2) is 0 Å². The largest absolute Gasteiger partial charge is 0.349 e. The average molecular weight is 204 g/mol. The van der Waals surface area contributed by atoms with Crippen LogP contribution in [-0.2, 0) is 9.47 Å². The molecule has 0 N–H and O–H groups in total. The molecule has 2 bridgehead atoms. The van der Waals surface area contributed by atoms with Crippen LogP contribution >= 0.6 is 0 Å². The lowest BCUT2D eigenvalue weighted by Gasteiger charge is -2.34. The molecule has 15 heavy (non-hydrogen) atoms. The van der Waals surface area contributed by atoms with Gasteiger partial charge in [0.1, 0.15) is 0 Å². The summed E-state index contributed by atoms with van der Waals surface area (Å²) in [4.78, 5) is 0. The molecule has 2 aliphatic heterocycles. The van der Waals surface area contributed by atoms with E-state index in [-0.39, 0.29) is 11.4 Å². The zero-order valence-electron chi connectivity index (χ0n) is 9.08. The molecule has 0 radical (unpaired) electrons. The molecule has 4 atom stereocenters. The summed E-state index contributed by atoms with van der Waals surface area (Å²) in [6, 6.07) is 0. The number of fused-ring (bicyclic) bond motifs is 2. The smallest absolute Gasteiger partial charge is 0.195 e. The van der Waals surface area contributed by atoms with Crippen LogP contribution in [0.3, 0.4) is 0 Å². The van der Waals surface area contributed by atoms with Gasteiger partial charge in [0.05, 0.1) is 5.60 Å². The minimum Gasteiger partial charge on any atom is -0.349 e. The minimum absolute atomic E-state index is 0.0875. The molecule has 0 aromatic rings. The molecule has 80 valence electrons. The maximum absolute atomic E-state index is 6.41. The van der Waals surface area contributed by atoms with Crippen molar-refractivity contribution in [3.63, 3.8) is 0 Å². The fraction of sp³-hybridized carbons (Fsp3) is 0.846. The molecule has 5 rings (SSSR count). The van der Waals surface area contributed by atoms with E-state index in [2.05, 4.69) is 12.2 Å². The maximum Gasteiger partial charge on any atom is 0.195 e. The van der Waals surface area contributed by atoms with Crippen molar-refractivity contribution in [3.05, 3.63) is 12.2 Å². The van der Waals surface area contributed by atoms with Crippen molar-refractivity contribution in [3.8, 4) is 0 Å². The second kappa shape index (κ2) is 1.72. The highest BCUT2D eigenvalue weighted by Gasteiger charge is 2.92. The van der Waals surface area contributed by atoms with Gasteiger partial charge in [-0.15, -0.1) is 0 Å². The third-order valence-corrected chi connectivity index (χ3v) is 6.20. The van der Waals surface area contributed by atoms with E-state index >= 15 is 0 Å². The first-order chi connectivity index (χ1) is 7.24. The Kier molecular flexibility index (Phi) is 0.902. The standard InChI is InChI=1S/C13H16O2/c1-14-13-7-6-11(15-13)3-2-9-8-12(9,11)10(13)4-5-10/h6-7,9H,2-5,8H2,1H3/t9-,11+,12-,13-/m1/s1. The van der Waals surface area contributed by atoms with Crippen LogP contribution in [0.2, 0.25) is 0 Å². The van der Waals surface area contributed by atoms with Gasteiger partial charge in [-0.1, -0.05) is 6.08 Å². The molecule has 3 spiro atoms. The van der Waals surface area contributed by atoms with Crippen LogP contribution in [-0.4, -0.2) is 18.5 Å². The molecule has 0 amide bonds. The number of ether oxygens (including phenoxy) is 2. The van der Waals surface area contributed by atoms with E-state index in [1.165, 1.54) is 32.1 Å². The van der Waals surface area contributed by atoms with Gasteiger partial charge < -0.3 is 9.47 Å². The molecular formula is C13H16O2. The number of hydrogen-bond acceptors (Lipinski definition) is 2. The monoisotopic (exact) mass is 204 g/mol. The normalized spacial score (nSPS) is 64.7. The summed E-state index contributed by atoms with van der Waals surface area (Å²) in [5.74, 6) is 0.615. The van der Waals surface area contributed by atoms with Crippen LogP contribution in [0, 0.1) is 16.7 Å². The number of hydrogen-bond donors (Lipinski definition) is 0. The summed E-state index contributed by atoms with van der Waals surface area (Å²) in [5.41, 5.74) is 0.972. The lowest BCUT2D eigenvalue weighted by atomic mass is 9.69. The van der Waals surface area contributed by atoms with Crippen molar-refractivity contribution in [2.45, 2.75) is 43.5 Å². The maximum atomic E-state index is 6.41. The topological polar surface area (TPSA) is 18.5 Å². The van der Waals surface area contributed by atoms with Gasteiger partial charge in [-0.05, 0) is 44.1 Å². The molecule has 3 saturated carbocycles. The van der Waals surface area contributed by atoms with Crippen LogP contribution in [0.25, 0.3) is 0 Å². The van der Waals surface area contributed by atoms with E-state index in [9.17, 15) is 0 Å². The van der Waals surface area contributed by atoms with Crippen molar-refractivity contribution < 1.29 is 9.47 Å². The van der Waals surface area contributed by atoms with Crippen molar-refractivity contribution in [1.29, 1.82) is 0 Å². The quantitative estimate of drug-likeness (QED) is 0.610. The molecule has 0 aromatic heterocycles.